The number of fused-ring (bicyclic) bond motifs is 1. The number of nitrogens with one attached hydrogen (secondary N) is 1. The molecule has 0 aliphatic rings. The smallest absolute Gasteiger partial charge is 0.139 e. The number of anilines is 4. The summed E-state index contributed by atoms with van der Waals surface area (Å²) in [5.41, 5.74) is 29.8. The van der Waals surface area contributed by atoms with Crippen molar-refractivity contribution in [2.75, 3.05) is 22.9 Å². The van der Waals surface area contributed by atoms with Crippen molar-refractivity contribution in [2.45, 2.75) is 27.1 Å². The van der Waals surface area contributed by atoms with Crippen LogP contribution in [0.1, 0.15) is 20.0 Å². The maximum atomic E-state index is 5.74. The van der Waals surface area contributed by atoms with Gasteiger partial charge in [-0.15, -0.1) is 12.0 Å². The zero-order chi connectivity index (χ0) is 38.1. The molecule has 0 saturated heterocycles. The monoisotopic (exact) mass is 948 g/mol. The second-order valence-corrected chi connectivity index (χ2v) is 18.7. The van der Waals surface area contributed by atoms with Crippen LogP contribution in [-0.2, 0) is 0 Å². The lowest BCUT2D eigenvalue weighted by molar-refractivity contribution is 1.11. The van der Waals surface area contributed by atoms with E-state index in [0.717, 1.165) is 20.2 Å². The van der Waals surface area contributed by atoms with Gasteiger partial charge in [0.1, 0.15) is 39.5 Å². The van der Waals surface area contributed by atoms with E-state index in [9.17, 15) is 0 Å². The van der Waals surface area contributed by atoms with Crippen LogP contribution in [0.15, 0.2) is 79.5 Å². The molecule has 0 fully saturated rings. The summed E-state index contributed by atoms with van der Waals surface area (Å²) < 4.78 is 0.928. The molecule has 6 heterocycles. The highest BCUT2D eigenvalue weighted by atomic mass is 127. The topological polar surface area (TPSA) is 184 Å². The number of hydrogen-bond acceptors (Lipinski definition) is 9. The first kappa shape index (κ1) is 48.9. The van der Waals surface area contributed by atoms with Gasteiger partial charge < -0.3 is 27.9 Å². The number of aromatic amines is 1. The molecular formula is C35H39Cl5FIN10Si. The molecule has 0 unspecified atom stereocenters. The van der Waals surface area contributed by atoms with Crippen molar-refractivity contribution < 1.29 is 6.13 Å². The highest BCUT2D eigenvalue weighted by Gasteiger charge is 2.08. The number of rotatable bonds is 0. The maximum Gasteiger partial charge on any atom is 0.139 e. The van der Waals surface area contributed by atoms with E-state index in [0.29, 0.717) is 54.1 Å². The zero-order valence-electron chi connectivity index (χ0n) is 27.8. The van der Waals surface area contributed by atoms with Gasteiger partial charge in [0.2, 0.25) is 0 Å². The van der Waals surface area contributed by atoms with Gasteiger partial charge >= 0.3 is 0 Å². The summed E-state index contributed by atoms with van der Waals surface area (Å²) in [6, 6.07) is 13.7. The fourth-order valence-electron chi connectivity index (χ4n) is 3.12. The average molecular weight is 951 g/mol. The van der Waals surface area contributed by atoms with Crippen LogP contribution in [0.2, 0.25) is 45.4 Å². The molecule has 0 spiro atoms. The van der Waals surface area contributed by atoms with E-state index in [1.807, 2.05) is 18.3 Å². The molecule has 6 rings (SSSR count). The van der Waals surface area contributed by atoms with Crippen LogP contribution in [0.25, 0.3) is 11.0 Å². The number of aromatic nitrogens is 6. The minimum absolute atomic E-state index is 0. The number of terminal acetylenes is 1. The van der Waals surface area contributed by atoms with Gasteiger partial charge in [-0.3, -0.25) is 4.70 Å². The number of pyridine rings is 5. The average Bonchev–Trinajstić information content (AvgIpc) is 3.51. The second kappa shape index (κ2) is 24.3. The molecule has 0 aliphatic heterocycles. The molecule has 0 aliphatic carbocycles. The van der Waals surface area contributed by atoms with Crippen molar-refractivity contribution in [3.63, 3.8) is 0 Å². The highest BCUT2D eigenvalue weighted by molar-refractivity contribution is 14.1. The largest absolute Gasteiger partial charge is 0.399 e. The summed E-state index contributed by atoms with van der Waals surface area (Å²) in [5, 5.41) is 3.25. The third kappa shape index (κ3) is 19.5. The van der Waals surface area contributed by atoms with Crippen LogP contribution in [0.4, 0.5) is 27.5 Å². The predicted molar refractivity (Wildman–Crippen MR) is 238 cm³/mol. The van der Waals surface area contributed by atoms with Crippen LogP contribution in [0, 0.1) is 27.4 Å². The Morgan fingerprint density at radius 2 is 1.25 bits per heavy atom. The molecule has 0 amide bonds. The van der Waals surface area contributed by atoms with Crippen LogP contribution < -0.4 is 22.9 Å². The predicted octanol–water partition coefficient (Wildman–Crippen LogP) is 10.3. The summed E-state index contributed by atoms with van der Waals surface area (Å²) in [4.78, 5) is 22.2. The number of nitrogen functional groups attached to an aromatic ring is 4. The molecule has 53 heavy (non-hydrogen) atoms. The summed E-state index contributed by atoms with van der Waals surface area (Å²) >= 11 is 29.9. The van der Waals surface area contributed by atoms with Crippen molar-refractivity contribution in [3.05, 3.63) is 120 Å². The lowest BCUT2D eigenvalue weighted by Crippen LogP contribution is -2.16. The first-order chi connectivity index (χ1) is 24.0. The van der Waals surface area contributed by atoms with Crippen LogP contribution in [0.3, 0.4) is 0 Å². The van der Waals surface area contributed by atoms with Crippen molar-refractivity contribution in [1.29, 1.82) is 0 Å². The molecule has 6 aromatic rings. The van der Waals surface area contributed by atoms with Crippen molar-refractivity contribution in [2.24, 2.45) is 0 Å². The van der Waals surface area contributed by atoms with E-state index in [2.05, 4.69) is 89.5 Å². The van der Waals surface area contributed by atoms with Crippen LogP contribution in [0.5, 0.6) is 0 Å². The minimum Gasteiger partial charge on any atom is -0.399 e. The Bertz CT molecular complexity index is 2160. The van der Waals surface area contributed by atoms with E-state index in [4.69, 9.17) is 87.4 Å². The Morgan fingerprint density at radius 1 is 0.717 bits per heavy atom. The number of nitrogens with zero attached hydrogens (tertiary/aromatic N) is 5. The molecule has 0 radical (unpaired) electrons. The quantitative estimate of drug-likeness (QED) is 0.0428. The summed E-state index contributed by atoms with van der Waals surface area (Å²) in [5.74, 6) is 5.42. The highest BCUT2D eigenvalue weighted by Crippen LogP contribution is 2.17. The minimum atomic E-state index is -1.35. The fourth-order valence-corrected chi connectivity index (χ4v) is 4.75. The number of H-pyrrole nitrogens is 1. The Labute approximate surface area is 349 Å². The standard InChI is InChI=1S/C10H13ClN2Si.2C7H5ClN2.C5H4ClIN2.C5H5ClN2.CH4.FH.H2/c1-14(2,3)5-4-8-7-13-10(11)6-9(8)12;8-6-2-1-5-3-4-9-7(5)10-6;1-2-5-4-10-7(8)3-6(5)9;6-5-1-4(8)3(7)2-9-5;6-5-3-4(7)1-2-8-5;;;/h6-7H,1-3H3,(H2,12,13);1-4H,(H,9,10);1,3-4H,(H2,9,10);1-2H,(H2,8,9);1-3H,(H2,7,8);1H4;2*1H. The lowest BCUT2D eigenvalue weighted by Gasteiger charge is -2.04. The van der Waals surface area contributed by atoms with Gasteiger partial charge in [-0.1, -0.05) is 96.9 Å². The molecule has 18 heteroatoms. The Kier molecular flexibility index (Phi) is 22.4. The Hall–Kier alpha value is -4.06. The Balaban J connectivity index is 0. The van der Waals surface area contributed by atoms with E-state index < -0.39 is 8.07 Å². The molecule has 0 bridgehead atoms. The van der Waals surface area contributed by atoms with Gasteiger partial charge in [0, 0.05) is 49.2 Å². The third-order valence-electron chi connectivity index (χ3n) is 5.51. The van der Waals surface area contributed by atoms with E-state index in [-0.39, 0.29) is 13.6 Å². The summed E-state index contributed by atoms with van der Waals surface area (Å²) in [7, 11) is -1.35. The maximum absolute atomic E-state index is 5.74. The second-order valence-electron chi connectivity index (χ2n) is 10.8. The van der Waals surface area contributed by atoms with E-state index >= 15 is 0 Å². The van der Waals surface area contributed by atoms with Gasteiger partial charge in [0.25, 0.3) is 0 Å². The zero-order valence-corrected chi connectivity index (χ0v) is 34.7. The van der Waals surface area contributed by atoms with Gasteiger partial charge in [-0.05, 0) is 71.1 Å². The molecule has 282 valence electrons. The Morgan fingerprint density at radius 3 is 1.70 bits per heavy atom. The lowest BCUT2D eigenvalue weighted by atomic mass is 10.2. The van der Waals surface area contributed by atoms with E-state index in [1.165, 1.54) is 12.3 Å². The number of halogens is 7. The van der Waals surface area contributed by atoms with Crippen LogP contribution in [-0.4, -0.2) is 38.0 Å². The van der Waals surface area contributed by atoms with Crippen molar-refractivity contribution in [1.82, 2.24) is 29.9 Å². The van der Waals surface area contributed by atoms with Gasteiger partial charge in [0.05, 0.1) is 26.1 Å². The first-order valence-corrected chi connectivity index (χ1v) is 20.8. The molecule has 0 atom stereocenters. The van der Waals surface area contributed by atoms with Gasteiger partial charge in [0.15, 0.2) is 0 Å². The third-order valence-corrected chi connectivity index (χ3v) is 8.32. The van der Waals surface area contributed by atoms with Gasteiger partial charge in [-0.25, -0.2) is 24.9 Å². The number of nitrogens with two attached hydrogens (primary N) is 4. The summed E-state index contributed by atoms with van der Waals surface area (Å²) in [6.45, 7) is 6.54. The van der Waals surface area contributed by atoms with Gasteiger partial charge in [-0.2, -0.15) is 0 Å². The summed E-state index contributed by atoms with van der Waals surface area (Å²) in [6.07, 6.45) is 13.2. The number of hydrogen-bond donors (Lipinski definition) is 5. The molecule has 6 aromatic heterocycles. The SMILES string of the molecule is C.C#Cc1cnc(Cl)cc1N.C[Si](C)(C)C#Cc1cnc(Cl)cc1N.Clc1ccc2cc[nH]c2n1.F.Nc1cc(Cl)ncc1I.Nc1ccnc(Cl)c1.[HH]. The normalized spacial score (nSPS) is 9.43. The molecule has 9 N–H and O–H groups in total. The molecule has 10 nitrogen and oxygen atoms in total. The first-order valence-electron chi connectivity index (χ1n) is 14.3. The van der Waals surface area contributed by atoms with E-state index in [1.54, 1.807) is 48.9 Å². The fraction of sp³-hybridized carbons (Fsp3) is 0.114. The van der Waals surface area contributed by atoms with Crippen molar-refractivity contribution >= 4 is 122 Å². The molecule has 0 saturated carbocycles. The molecule has 0 aromatic carbocycles. The van der Waals surface area contributed by atoms with Crippen LogP contribution >= 0.6 is 80.6 Å². The molecular weight excluding hydrogens is 912 g/mol. The van der Waals surface area contributed by atoms with Crippen molar-refractivity contribution in [3.8, 4) is 23.8 Å².